The lowest BCUT2D eigenvalue weighted by molar-refractivity contribution is 0.206. The summed E-state index contributed by atoms with van der Waals surface area (Å²) in [6.45, 7) is 2.08. The summed E-state index contributed by atoms with van der Waals surface area (Å²) in [4.78, 5) is 4.69. The fraction of sp³-hybridized carbons (Fsp3) is 0.111. The van der Waals surface area contributed by atoms with E-state index < -0.39 is 0 Å². The molecule has 1 aliphatic rings. The highest BCUT2D eigenvalue weighted by Crippen LogP contribution is 2.36. The van der Waals surface area contributed by atoms with Crippen molar-refractivity contribution in [2.24, 2.45) is 5.10 Å². The van der Waals surface area contributed by atoms with Gasteiger partial charge in [0.05, 0.1) is 5.71 Å². The maximum atomic E-state index is 6.31. The minimum absolute atomic E-state index is 0.0793. The van der Waals surface area contributed by atoms with Gasteiger partial charge in [-0.3, -0.25) is 5.43 Å². The lowest BCUT2D eigenvalue weighted by Crippen LogP contribution is -2.22. The van der Waals surface area contributed by atoms with E-state index in [1.165, 1.54) is 16.9 Å². The van der Waals surface area contributed by atoms with Crippen molar-refractivity contribution in [2.75, 3.05) is 5.43 Å². The van der Waals surface area contributed by atoms with Gasteiger partial charge in [-0.1, -0.05) is 60.2 Å². The Hall–Kier alpha value is -3.90. The van der Waals surface area contributed by atoms with Crippen LogP contribution >= 0.6 is 11.3 Å². The topological polar surface area (TPSA) is 59.7 Å². The second-order valence-corrected chi connectivity index (χ2v) is 8.94. The molecule has 0 amide bonds. The largest absolute Gasteiger partial charge is 0.485 e. The van der Waals surface area contributed by atoms with Crippen LogP contribution in [0, 0.1) is 6.92 Å². The third-order valence-electron chi connectivity index (χ3n) is 5.73. The van der Waals surface area contributed by atoms with E-state index in [1.54, 1.807) is 0 Å². The molecule has 3 heterocycles. The molecule has 0 spiro atoms. The lowest BCUT2D eigenvalue weighted by atomic mass is 9.94. The molecule has 0 saturated heterocycles. The molecule has 1 atom stereocenters. The van der Waals surface area contributed by atoms with Crippen LogP contribution in [0.5, 0.6) is 5.75 Å². The monoisotopic (exact) mass is 451 g/mol. The number of hydrogen-bond donors (Lipinski definition) is 1. The zero-order valence-corrected chi connectivity index (χ0v) is 18.8. The molecule has 0 fully saturated rings. The first-order valence-electron chi connectivity index (χ1n) is 10.8. The summed E-state index contributed by atoms with van der Waals surface area (Å²) < 4.78 is 12.3. The zero-order chi connectivity index (χ0) is 22.2. The molecular formula is C27H21N3O2S. The molecule has 1 N–H and O–H groups in total. The lowest BCUT2D eigenvalue weighted by Gasteiger charge is -2.27. The average Bonchev–Trinajstić information content (AvgIpc) is 3.50. The van der Waals surface area contributed by atoms with E-state index in [4.69, 9.17) is 14.3 Å². The van der Waals surface area contributed by atoms with Crippen LogP contribution in [-0.4, -0.2) is 10.7 Å². The summed E-state index contributed by atoms with van der Waals surface area (Å²) in [5.74, 6) is 1.60. The highest BCUT2D eigenvalue weighted by Gasteiger charge is 2.26. The van der Waals surface area contributed by atoms with Gasteiger partial charge in [-0.2, -0.15) is 5.10 Å². The Kier molecular flexibility index (Phi) is 4.92. The molecule has 0 saturated carbocycles. The molecule has 0 radical (unpaired) electrons. The van der Waals surface area contributed by atoms with Crippen LogP contribution in [0.3, 0.4) is 0 Å². The van der Waals surface area contributed by atoms with E-state index in [0.717, 1.165) is 50.1 Å². The summed E-state index contributed by atoms with van der Waals surface area (Å²) in [7, 11) is 0. The number of aryl methyl sites for hydroxylation is 1. The van der Waals surface area contributed by atoms with Gasteiger partial charge in [0.1, 0.15) is 23.1 Å². The first-order valence-corrected chi connectivity index (χ1v) is 11.7. The van der Waals surface area contributed by atoms with E-state index in [2.05, 4.69) is 41.6 Å². The Balaban J connectivity index is 1.29. The van der Waals surface area contributed by atoms with Crippen LogP contribution in [0.25, 0.3) is 22.4 Å². The predicted molar refractivity (Wildman–Crippen MR) is 133 cm³/mol. The number of nitrogens with zero attached hydrogens (tertiary/aromatic N) is 2. The molecular weight excluding hydrogens is 430 g/mol. The van der Waals surface area contributed by atoms with Crippen LogP contribution < -0.4 is 10.2 Å². The summed E-state index contributed by atoms with van der Waals surface area (Å²) in [5.41, 5.74) is 9.10. The molecule has 0 unspecified atom stereocenters. The standard InChI is InChI=1S/C27H21N3O2S/c1-17-11-12-24-20(13-17)21(15-25(32-24)18-7-3-2-4-8-18)29-30-27-28-22(16-33-27)26-14-19-9-5-6-10-23(19)31-26/h2-14,16,25H,15H2,1H3,(H,28,30)/b29-21+/t25-/m1/s1. The number of thiazole rings is 1. The fourth-order valence-electron chi connectivity index (χ4n) is 4.07. The second-order valence-electron chi connectivity index (χ2n) is 8.08. The van der Waals surface area contributed by atoms with Gasteiger partial charge in [0.15, 0.2) is 5.76 Å². The maximum absolute atomic E-state index is 6.31. The quantitative estimate of drug-likeness (QED) is 0.293. The molecule has 0 aliphatic carbocycles. The van der Waals surface area contributed by atoms with E-state index in [-0.39, 0.29) is 6.10 Å². The molecule has 6 heteroatoms. The third-order valence-corrected chi connectivity index (χ3v) is 6.48. The summed E-state index contributed by atoms with van der Waals surface area (Å²) >= 11 is 1.50. The van der Waals surface area contributed by atoms with E-state index in [0.29, 0.717) is 6.42 Å². The Morgan fingerprint density at radius 3 is 2.73 bits per heavy atom. The first kappa shape index (κ1) is 19.8. The summed E-state index contributed by atoms with van der Waals surface area (Å²) in [6.07, 6.45) is 0.597. The number of hydrogen-bond acceptors (Lipinski definition) is 6. The van der Waals surface area contributed by atoms with Crippen molar-refractivity contribution in [1.82, 2.24) is 4.98 Å². The molecule has 2 aromatic heterocycles. The maximum Gasteiger partial charge on any atom is 0.204 e. The number of benzene rings is 3. The van der Waals surface area contributed by atoms with Gasteiger partial charge in [0.2, 0.25) is 5.13 Å². The van der Waals surface area contributed by atoms with E-state index >= 15 is 0 Å². The number of hydrazone groups is 1. The van der Waals surface area contributed by atoms with Gasteiger partial charge < -0.3 is 9.15 Å². The van der Waals surface area contributed by atoms with Crippen molar-refractivity contribution >= 4 is 33.1 Å². The van der Waals surface area contributed by atoms with Crippen LogP contribution in [-0.2, 0) is 0 Å². The molecule has 33 heavy (non-hydrogen) atoms. The number of ether oxygens (including phenoxy) is 1. The van der Waals surface area contributed by atoms with Crippen molar-refractivity contribution in [1.29, 1.82) is 0 Å². The number of anilines is 1. The van der Waals surface area contributed by atoms with Gasteiger partial charge in [-0.15, -0.1) is 11.3 Å². The van der Waals surface area contributed by atoms with Crippen molar-refractivity contribution in [2.45, 2.75) is 19.4 Å². The zero-order valence-electron chi connectivity index (χ0n) is 18.0. The van der Waals surface area contributed by atoms with Gasteiger partial charge in [0.25, 0.3) is 0 Å². The smallest absolute Gasteiger partial charge is 0.204 e. The number of fused-ring (bicyclic) bond motifs is 2. The molecule has 1 aliphatic heterocycles. The number of nitrogens with one attached hydrogen (secondary N) is 1. The van der Waals surface area contributed by atoms with E-state index in [9.17, 15) is 0 Å². The average molecular weight is 452 g/mol. The molecule has 6 rings (SSSR count). The Morgan fingerprint density at radius 2 is 1.85 bits per heavy atom. The Morgan fingerprint density at radius 1 is 1.00 bits per heavy atom. The minimum atomic E-state index is -0.0793. The van der Waals surface area contributed by atoms with Crippen LogP contribution in [0.2, 0.25) is 0 Å². The van der Waals surface area contributed by atoms with Crippen LogP contribution in [0.4, 0.5) is 5.13 Å². The molecule has 0 bridgehead atoms. The Labute approximate surface area is 195 Å². The molecule has 5 aromatic rings. The normalized spacial score (nSPS) is 16.5. The molecule has 5 nitrogen and oxygen atoms in total. The van der Waals surface area contributed by atoms with Crippen molar-refractivity contribution in [3.05, 3.63) is 101 Å². The molecule has 162 valence electrons. The minimum Gasteiger partial charge on any atom is -0.485 e. The fourth-order valence-corrected chi connectivity index (χ4v) is 4.72. The third kappa shape index (κ3) is 3.90. The van der Waals surface area contributed by atoms with Crippen molar-refractivity contribution in [3.63, 3.8) is 0 Å². The Bertz CT molecular complexity index is 1440. The number of furan rings is 1. The predicted octanol–water partition coefficient (Wildman–Crippen LogP) is 7.20. The number of rotatable bonds is 4. The number of para-hydroxylation sites is 1. The van der Waals surface area contributed by atoms with E-state index in [1.807, 2.05) is 60.0 Å². The van der Waals surface area contributed by atoms with Gasteiger partial charge in [-0.25, -0.2) is 4.98 Å². The van der Waals surface area contributed by atoms with Gasteiger partial charge in [-0.05, 0) is 36.8 Å². The van der Waals surface area contributed by atoms with Gasteiger partial charge >= 0.3 is 0 Å². The second kappa shape index (κ2) is 8.22. The van der Waals surface area contributed by atoms with Gasteiger partial charge in [0, 0.05) is 22.8 Å². The van der Waals surface area contributed by atoms with Crippen molar-refractivity contribution < 1.29 is 9.15 Å². The van der Waals surface area contributed by atoms with Crippen molar-refractivity contribution in [3.8, 4) is 17.2 Å². The summed E-state index contributed by atoms with van der Waals surface area (Å²) in [6, 6.07) is 26.5. The highest BCUT2D eigenvalue weighted by atomic mass is 32.1. The molecule has 3 aromatic carbocycles. The highest BCUT2D eigenvalue weighted by molar-refractivity contribution is 7.14. The summed E-state index contributed by atoms with van der Waals surface area (Å²) in [5, 5.41) is 8.53. The van der Waals surface area contributed by atoms with Crippen LogP contribution in [0.1, 0.15) is 29.2 Å². The SMILES string of the molecule is Cc1ccc2c(c1)/C(=N/Nc1nc(-c3cc4ccccc4o3)cs1)C[C@H](c1ccccc1)O2. The van der Waals surface area contributed by atoms with Crippen LogP contribution in [0.15, 0.2) is 93.8 Å². The number of aromatic nitrogens is 1. The first-order chi connectivity index (χ1) is 16.2.